The maximum absolute atomic E-state index is 14.1. The molecule has 2 N–H and O–H groups in total. The molecular weight excluding hydrogens is 371 g/mol. The van der Waals surface area contributed by atoms with Gasteiger partial charge in [0.05, 0.1) is 18.1 Å². The average molecular weight is 397 g/mol. The van der Waals surface area contributed by atoms with Crippen LogP contribution >= 0.6 is 12.4 Å². The van der Waals surface area contributed by atoms with Gasteiger partial charge in [-0.2, -0.15) is 0 Å². The smallest absolute Gasteiger partial charge is 0.240 e. The molecule has 1 aromatic carbocycles. The Morgan fingerprint density at radius 3 is 2.80 bits per heavy atom. The highest BCUT2D eigenvalue weighted by atomic mass is 35.5. The molecule has 0 amide bonds. The lowest BCUT2D eigenvalue weighted by molar-refractivity contribution is 0.165. The standard InChI is InChI=1S/C16H25FN2O4S.ClH/c1-3-18-12(2)9-19-24(20,21)14-4-5-16(15(17)8-14)23-11-13-6-7-22-10-13;/h4-5,8,12-13,18-19H,3,6-7,9-11H2,1-2H3;1H/t12-,13?;/m1./s1. The highest BCUT2D eigenvalue weighted by molar-refractivity contribution is 7.89. The maximum atomic E-state index is 14.1. The van der Waals surface area contributed by atoms with Crippen LogP contribution in [0.25, 0.3) is 0 Å². The number of ether oxygens (including phenoxy) is 2. The van der Waals surface area contributed by atoms with Crippen LogP contribution in [0.3, 0.4) is 0 Å². The number of rotatable bonds is 9. The summed E-state index contributed by atoms with van der Waals surface area (Å²) in [7, 11) is -3.75. The molecule has 1 aliphatic rings. The number of sulfonamides is 1. The SMILES string of the molecule is CCN[C@H](C)CNS(=O)(=O)c1ccc(OCC2CCOC2)c(F)c1.Cl. The number of hydrogen-bond acceptors (Lipinski definition) is 5. The third-order valence-corrected chi connectivity index (χ3v) is 5.27. The fourth-order valence-electron chi connectivity index (χ4n) is 2.43. The molecule has 2 atom stereocenters. The van der Waals surface area contributed by atoms with Gasteiger partial charge < -0.3 is 14.8 Å². The van der Waals surface area contributed by atoms with Crippen LogP contribution in [0.5, 0.6) is 5.75 Å². The molecule has 0 aliphatic carbocycles. The van der Waals surface area contributed by atoms with E-state index in [0.29, 0.717) is 19.8 Å². The third-order valence-electron chi connectivity index (χ3n) is 3.84. The average Bonchev–Trinajstić information content (AvgIpc) is 3.05. The highest BCUT2D eigenvalue weighted by Gasteiger charge is 2.20. The Hall–Kier alpha value is -0.930. The lowest BCUT2D eigenvalue weighted by Gasteiger charge is -2.14. The number of hydrogen-bond donors (Lipinski definition) is 2. The van der Waals surface area contributed by atoms with Gasteiger partial charge in [-0.05, 0) is 38.1 Å². The summed E-state index contributed by atoms with van der Waals surface area (Å²) < 4.78 is 51.7. The highest BCUT2D eigenvalue weighted by Crippen LogP contribution is 2.23. The Labute approximate surface area is 154 Å². The van der Waals surface area contributed by atoms with E-state index in [0.717, 1.165) is 19.0 Å². The summed E-state index contributed by atoms with van der Waals surface area (Å²) in [5.41, 5.74) is 0. The van der Waals surface area contributed by atoms with Crippen LogP contribution in [0.2, 0.25) is 0 Å². The lowest BCUT2D eigenvalue weighted by atomic mass is 10.1. The van der Waals surface area contributed by atoms with Crippen LogP contribution in [-0.4, -0.2) is 47.4 Å². The van der Waals surface area contributed by atoms with Gasteiger partial charge in [0.25, 0.3) is 0 Å². The van der Waals surface area contributed by atoms with E-state index in [1.54, 1.807) is 0 Å². The van der Waals surface area contributed by atoms with Crippen LogP contribution < -0.4 is 14.8 Å². The van der Waals surface area contributed by atoms with Crippen molar-refractivity contribution < 1.29 is 22.3 Å². The minimum absolute atomic E-state index is 0. The molecule has 9 heteroatoms. The van der Waals surface area contributed by atoms with Crippen molar-refractivity contribution in [3.63, 3.8) is 0 Å². The van der Waals surface area contributed by atoms with Crippen molar-refractivity contribution in [2.24, 2.45) is 5.92 Å². The summed E-state index contributed by atoms with van der Waals surface area (Å²) in [6, 6.07) is 3.68. The fourth-order valence-corrected chi connectivity index (χ4v) is 3.57. The largest absolute Gasteiger partial charge is 0.490 e. The van der Waals surface area contributed by atoms with Gasteiger partial charge in [0, 0.05) is 25.1 Å². The molecule has 6 nitrogen and oxygen atoms in total. The molecule has 0 spiro atoms. The molecule has 1 fully saturated rings. The van der Waals surface area contributed by atoms with Gasteiger partial charge in [-0.1, -0.05) is 6.92 Å². The Kier molecular flexibility index (Phi) is 9.09. The van der Waals surface area contributed by atoms with Crippen LogP contribution in [-0.2, 0) is 14.8 Å². The Morgan fingerprint density at radius 2 is 2.20 bits per heavy atom. The first-order chi connectivity index (χ1) is 11.4. The van der Waals surface area contributed by atoms with E-state index in [4.69, 9.17) is 9.47 Å². The normalized spacial score (nSPS) is 18.6. The topological polar surface area (TPSA) is 76.7 Å². The summed E-state index contributed by atoms with van der Waals surface area (Å²) >= 11 is 0. The zero-order chi connectivity index (χ0) is 17.6. The Balaban J connectivity index is 0.00000312. The molecule has 1 aromatic rings. The first-order valence-corrected chi connectivity index (χ1v) is 9.64. The summed E-state index contributed by atoms with van der Waals surface area (Å²) in [5.74, 6) is -0.375. The lowest BCUT2D eigenvalue weighted by Crippen LogP contribution is -2.38. The molecular formula is C16H26ClFN2O4S. The van der Waals surface area contributed by atoms with Crippen LogP contribution in [0.15, 0.2) is 23.1 Å². The van der Waals surface area contributed by atoms with Crippen molar-refractivity contribution in [2.45, 2.75) is 31.2 Å². The number of likely N-dealkylation sites (N-methyl/N-ethyl adjacent to an activating group) is 1. The second-order valence-electron chi connectivity index (χ2n) is 5.94. The van der Waals surface area contributed by atoms with Crippen molar-refractivity contribution in [1.29, 1.82) is 0 Å². The van der Waals surface area contributed by atoms with E-state index in [1.165, 1.54) is 12.1 Å². The monoisotopic (exact) mass is 396 g/mol. The molecule has 0 saturated carbocycles. The molecule has 0 bridgehead atoms. The molecule has 1 saturated heterocycles. The van der Waals surface area contributed by atoms with Crippen molar-refractivity contribution >= 4 is 22.4 Å². The third kappa shape index (κ3) is 6.71. The molecule has 0 aromatic heterocycles. The Bertz CT molecular complexity index is 639. The summed E-state index contributed by atoms with van der Waals surface area (Å²) in [6.07, 6.45) is 0.891. The second kappa shape index (κ2) is 10.3. The molecule has 2 rings (SSSR count). The molecule has 144 valence electrons. The van der Waals surface area contributed by atoms with Crippen molar-refractivity contribution in [1.82, 2.24) is 10.0 Å². The summed E-state index contributed by atoms with van der Waals surface area (Å²) in [5, 5.41) is 3.10. The van der Waals surface area contributed by atoms with Crippen LogP contribution in [0.4, 0.5) is 4.39 Å². The van der Waals surface area contributed by atoms with E-state index < -0.39 is 15.8 Å². The van der Waals surface area contributed by atoms with Crippen molar-refractivity contribution in [2.75, 3.05) is 32.9 Å². The molecule has 0 radical (unpaired) electrons. The van der Waals surface area contributed by atoms with Crippen LogP contribution in [0, 0.1) is 11.7 Å². The minimum Gasteiger partial charge on any atom is -0.490 e. The zero-order valence-electron chi connectivity index (χ0n) is 14.5. The van der Waals surface area contributed by atoms with E-state index >= 15 is 0 Å². The number of halogens is 2. The minimum atomic E-state index is -3.75. The van der Waals surface area contributed by atoms with E-state index in [1.807, 2.05) is 13.8 Å². The van der Waals surface area contributed by atoms with E-state index in [9.17, 15) is 12.8 Å². The first kappa shape index (κ1) is 22.1. The quantitative estimate of drug-likeness (QED) is 0.667. The number of benzene rings is 1. The molecule has 1 heterocycles. The predicted molar refractivity (Wildman–Crippen MR) is 96.4 cm³/mol. The van der Waals surface area contributed by atoms with Gasteiger partial charge in [0.15, 0.2) is 11.6 Å². The fraction of sp³-hybridized carbons (Fsp3) is 0.625. The van der Waals surface area contributed by atoms with Gasteiger partial charge >= 0.3 is 0 Å². The molecule has 25 heavy (non-hydrogen) atoms. The van der Waals surface area contributed by atoms with Gasteiger partial charge in [-0.3, -0.25) is 0 Å². The van der Waals surface area contributed by atoms with Gasteiger partial charge in [0.2, 0.25) is 10.0 Å². The van der Waals surface area contributed by atoms with Crippen LogP contribution in [0.1, 0.15) is 20.3 Å². The Morgan fingerprint density at radius 1 is 1.44 bits per heavy atom. The van der Waals surface area contributed by atoms with Gasteiger partial charge in [-0.15, -0.1) is 12.4 Å². The summed E-state index contributed by atoms with van der Waals surface area (Å²) in [6.45, 7) is 6.47. The molecule has 1 unspecified atom stereocenters. The first-order valence-electron chi connectivity index (χ1n) is 8.15. The van der Waals surface area contributed by atoms with Crippen molar-refractivity contribution in [3.05, 3.63) is 24.0 Å². The van der Waals surface area contributed by atoms with E-state index in [2.05, 4.69) is 10.0 Å². The van der Waals surface area contributed by atoms with E-state index in [-0.39, 0.29) is 41.6 Å². The predicted octanol–water partition coefficient (Wildman–Crippen LogP) is 1.94. The van der Waals surface area contributed by atoms with Crippen molar-refractivity contribution in [3.8, 4) is 5.75 Å². The molecule has 1 aliphatic heterocycles. The van der Waals surface area contributed by atoms with Gasteiger partial charge in [0.1, 0.15) is 0 Å². The maximum Gasteiger partial charge on any atom is 0.240 e. The summed E-state index contributed by atoms with van der Waals surface area (Å²) in [4.78, 5) is -0.111. The second-order valence-corrected chi connectivity index (χ2v) is 7.71. The van der Waals surface area contributed by atoms with Gasteiger partial charge in [-0.25, -0.2) is 17.5 Å². The zero-order valence-corrected chi connectivity index (χ0v) is 16.1. The number of nitrogens with one attached hydrogen (secondary N) is 2.